The molecule has 8 heteroatoms. The SMILES string of the molecule is Cc1nnc2ccc3c(cc(-c4ccn(CCO)n4)n3Cc3cccc(Cl)c3)n12. The second-order valence-electron chi connectivity index (χ2n) is 6.98. The molecule has 0 unspecified atom stereocenters. The Labute approximate surface area is 171 Å². The Morgan fingerprint density at radius 1 is 1.03 bits per heavy atom. The van der Waals surface area contributed by atoms with Crippen molar-refractivity contribution in [2.75, 3.05) is 6.61 Å². The van der Waals surface area contributed by atoms with Gasteiger partial charge in [0.2, 0.25) is 0 Å². The average molecular weight is 407 g/mol. The Hall–Kier alpha value is -3.16. The van der Waals surface area contributed by atoms with Gasteiger partial charge in [0, 0.05) is 17.8 Å². The number of benzene rings is 1. The molecular weight excluding hydrogens is 388 g/mol. The molecule has 0 saturated carbocycles. The molecule has 7 nitrogen and oxygen atoms in total. The fourth-order valence-electron chi connectivity index (χ4n) is 3.77. The second kappa shape index (κ2) is 7.02. The highest BCUT2D eigenvalue weighted by molar-refractivity contribution is 6.30. The highest BCUT2D eigenvalue weighted by Crippen LogP contribution is 2.30. The van der Waals surface area contributed by atoms with Crippen LogP contribution in [0.4, 0.5) is 0 Å². The number of aryl methyl sites for hydroxylation is 1. The van der Waals surface area contributed by atoms with E-state index in [-0.39, 0.29) is 6.61 Å². The van der Waals surface area contributed by atoms with Gasteiger partial charge in [-0.05, 0) is 48.9 Å². The molecule has 1 aromatic carbocycles. The normalized spacial score (nSPS) is 11.7. The van der Waals surface area contributed by atoms with Crippen molar-refractivity contribution in [2.45, 2.75) is 20.0 Å². The van der Waals surface area contributed by atoms with Crippen LogP contribution in [0.2, 0.25) is 5.02 Å². The number of nitrogens with zero attached hydrogens (tertiary/aromatic N) is 6. The molecule has 0 aliphatic carbocycles. The van der Waals surface area contributed by atoms with Gasteiger partial charge in [0.25, 0.3) is 0 Å². The molecule has 4 heterocycles. The van der Waals surface area contributed by atoms with Crippen molar-refractivity contribution in [1.82, 2.24) is 28.9 Å². The number of hydrogen-bond acceptors (Lipinski definition) is 4. The lowest BCUT2D eigenvalue weighted by Gasteiger charge is -2.10. The minimum Gasteiger partial charge on any atom is -0.394 e. The van der Waals surface area contributed by atoms with Crippen LogP contribution in [0.15, 0.2) is 54.7 Å². The molecule has 1 N–H and O–H groups in total. The predicted octanol–water partition coefficient (Wildman–Crippen LogP) is 3.55. The summed E-state index contributed by atoms with van der Waals surface area (Å²) in [5.74, 6) is 0.836. The predicted molar refractivity (Wildman–Crippen MR) is 112 cm³/mol. The van der Waals surface area contributed by atoms with Gasteiger partial charge in [0.05, 0.1) is 29.9 Å². The van der Waals surface area contributed by atoms with E-state index < -0.39 is 0 Å². The smallest absolute Gasteiger partial charge is 0.161 e. The molecule has 0 saturated heterocycles. The van der Waals surface area contributed by atoms with E-state index in [1.165, 1.54) is 0 Å². The molecule has 0 bridgehead atoms. The lowest BCUT2D eigenvalue weighted by atomic mass is 10.2. The minimum absolute atomic E-state index is 0.0488. The Balaban J connectivity index is 1.74. The molecule has 0 atom stereocenters. The van der Waals surface area contributed by atoms with Crippen LogP contribution in [0, 0.1) is 6.92 Å². The Bertz CT molecular complexity index is 1330. The summed E-state index contributed by atoms with van der Waals surface area (Å²) in [6.07, 6.45) is 1.88. The molecule has 0 amide bonds. The first-order valence-electron chi connectivity index (χ1n) is 9.37. The van der Waals surface area contributed by atoms with Crippen LogP contribution in [0.25, 0.3) is 28.1 Å². The van der Waals surface area contributed by atoms with E-state index in [9.17, 15) is 5.11 Å². The largest absolute Gasteiger partial charge is 0.394 e. The third-order valence-corrected chi connectivity index (χ3v) is 5.30. The van der Waals surface area contributed by atoms with Crippen molar-refractivity contribution < 1.29 is 5.11 Å². The fraction of sp³-hybridized carbons (Fsp3) is 0.190. The molecule has 146 valence electrons. The third-order valence-electron chi connectivity index (χ3n) is 5.06. The van der Waals surface area contributed by atoms with Crippen LogP contribution in [0.5, 0.6) is 0 Å². The molecule has 0 fully saturated rings. The number of aliphatic hydroxyl groups is 1. The minimum atomic E-state index is 0.0488. The van der Waals surface area contributed by atoms with E-state index in [1.807, 2.05) is 43.5 Å². The summed E-state index contributed by atoms with van der Waals surface area (Å²) in [5.41, 5.74) is 5.83. The maximum Gasteiger partial charge on any atom is 0.161 e. The summed E-state index contributed by atoms with van der Waals surface area (Å²) in [6.45, 7) is 3.11. The highest BCUT2D eigenvalue weighted by atomic mass is 35.5. The quantitative estimate of drug-likeness (QED) is 0.484. The van der Waals surface area contributed by atoms with Crippen molar-refractivity contribution in [3.63, 3.8) is 0 Å². The second-order valence-corrected chi connectivity index (χ2v) is 7.41. The zero-order valence-electron chi connectivity index (χ0n) is 15.8. The van der Waals surface area contributed by atoms with E-state index in [0.29, 0.717) is 18.1 Å². The highest BCUT2D eigenvalue weighted by Gasteiger charge is 2.17. The van der Waals surface area contributed by atoms with E-state index >= 15 is 0 Å². The van der Waals surface area contributed by atoms with Crippen molar-refractivity contribution >= 4 is 28.3 Å². The number of aromatic nitrogens is 6. The Morgan fingerprint density at radius 2 is 1.93 bits per heavy atom. The van der Waals surface area contributed by atoms with E-state index in [2.05, 4.69) is 42.5 Å². The molecule has 0 spiro atoms. The number of fused-ring (bicyclic) bond motifs is 3. The fourth-order valence-corrected chi connectivity index (χ4v) is 3.98. The maximum atomic E-state index is 9.22. The first-order chi connectivity index (χ1) is 14.1. The van der Waals surface area contributed by atoms with Crippen LogP contribution in [-0.2, 0) is 13.1 Å². The lowest BCUT2D eigenvalue weighted by molar-refractivity contribution is 0.269. The summed E-state index contributed by atoms with van der Waals surface area (Å²) < 4.78 is 6.03. The number of hydrogen-bond donors (Lipinski definition) is 1. The summed E-state index contributed by atoms with van der Waals surface area (Å²) >= 11 is 6.21. The van der Waals surface area contributed by atoms with E-state index in [0.717, 1.165) is 39.5 Å². The summed E-state index contributed by atoms with van der Waals surface area (Å²) in [5, 5.41) is 23.0. The van der Waals surface area contributed by atoms with E-state index in [4.69, 9.17) is 11.6 Å². The zero-order chi connectivity index (χ0) is 20.0. The van der Waals surface area contributed by atoms with Gasteiger partial charge in [-0.2, -0.15) is 5.10 Å². The van der Waals surface area contributed by atoms with Crippen molar-refractivity contribution in [1.29, 1.82) is 0 Å². The van der Waals surface area contributed by atoms with Crippen LogP contribution in [0.1, 0.15) is 11.4 Å². The summed E-state index contributed by atoms with van der Waals surface area (Å²) in [4.78, 5) is 0. The van der Waals surface area contributed by atoms with Gasteiger partial charge in [0.1, 0.15) is 11.5 Å². The van der Waals surface area contributed by atoms with Gasteiger partial charge in [-0.15, -0.1) is 10.2 Å². The van der Waals surface area contributed by atoms with Crippen molar-refractivity contribution in [3.8, 4) is 11.4 Å². The molecule has 5 rings (SSSR count). The van der Waals surface area contributed by atoms with Crippen molar-refractivity contribution in [3.05, 3.63) is 71.1 Å². The molecule has 0 aliphatic heterocycles. The standard InChI is InChI=1S/C21H19ClN6O/c1-14-23-24-21-6-5-18-20(28(14)21)12-19(17-7-8-26(25-17)9-10-29)27(18)13-15-3-2-4-16(22)11-15/h2-8,11-12,29H,9-10,13H2,1H3. The summed E-state index contributed by atoms with van der Waals surface area (Å²) in [6, 6.07) is 16.0. The summed E-state index contributed by atoms with van der Waals surface area (Å²) in [7, 11) is 0. The first kappa shape index (κ1) is 17.9. The van der Waals surface area contributed by atoms with Crippen LogP contribution in [0.3, 0.4) is 0 Å². The molecule has 0 radical (unpaired) electrons. The van der Waals surface area contributed by atoms with Gasteiger partial charge in [-0.1, -0.05) is 23.7 Å². The lowest BCUT2D eigenvalue weighted by Crippen LogP contribution is -2.04. The maximum absolute atomic E-state index is 9.22. The number of rotatable bonds is 5. The number of halogens is 1. The van der Waals surface area contributed by atoms with E-state index in [1.54, 1.807) is 4.68 Å². The van der Waals surface area contributed by atoms with Crippen LogP contribution < -0.4 is 0 Å². The van der Waals surface area contributed by atoms with Gasteiger partial charge in [-0.3, -0.25) is 9.08 Å². The molecule has 29 heavy (non-hydrogen) atoms. The van der Waals surface area contributed by atoms with Gasteiger partial charge < -0.3 is 9.67 Å². The molecule has 0 aliphatic rings. The van der Waals surface area contributed by atoms with Gasteiger partial charge >= 0.3 is 0 Å². The number of aliphatic hydroxyl groups excluding tert-OH is 1. The Kier molecular flexibility index (Phi) is 4.34. The molecule has 5 aromatic rings. The monoisotopic (exact) mass is 406 g/mol. The Morgan fingerprint density at radius 3 is 2.76 bits per heavy atom. The van der Waals surface area contributed by atoms with Crippen LogP contribution >= 0.6 is 11.6 Å². The third kappa shape index (κ3) is 3.08. The topological polar surface area (TPSA) is 73.2 Å². The zero-order valence-corrected chi connectivity index (χ0v) is 16.6. The van der Waals surface area contributed by atoms with Crippen LogP contribution in [-0.4, -0.2) is 40.7 Å². The molecule has 4 aromatic heterocycles. The first-order valence-corrected chi connectivity index (χ1v) is 9.75. The number of pyridine rings is 1. The van der Waals surface area contributed by atoms with Gasteiger partial charge in [0.15, 0.2) is 5.65 Å². The van der Waals surface area contributed by atoms with Crippen molar-refractivity contribution in [2.24, 2.45) is 0 Å². The molecular formula is C21H19ClN6O. The average Bonchev–Trinajstić information content (AvgIpc) is 3.40. The van der Waals surface area contributed by atoms with Gasteiger partial charge in [-0.25, -0.2) is 0 Å².